The first kappa shape index (κ1) is 20.0. The fraction of sp³-hybridized carbons (Fsp3) is 0.706. The van der Waals surface area contributed by atoms with Crippen molar-refractivity contribution in [3.8, 4) is 0 Å². The minimum atomic E-state index is -1.02. The lowest BCUT2D eigenvalue weighted by Gasteiger charge is -2.28. The summed E-state index contributed by atoms with van der Waals surface area (Å²) in [4.78, 5) is 40.0. The number of esters is 1. The molecule has 1 fully saturated rings. The van der Waals surface area contributed by atoms with Crippen molar-refractivity contribution in [2.75, 3.05) is 14.1 Å². The third-order valence-corrected chi connectivity index (χ3v) is 2.90. The Kier molecular flexibility index (Phi) is 5.69. The zero-order valence-corrected chi connectivity index (χ0v) is 15.8. The van der Waals surface area contributed by atoms with Crippen molar-refractivity contribution in [2.45, 2.75) is 65.2 Å². The molecule has 0 aromatic carbocycles. The quantitative estimate of drug-likeness (QED) is 0.567. The molecule has 1 rings (SSSR count). The number of imide groups is 1. The molecule has 1 atom stereocenters. The first-order valence-corrected chi connectivity index (χ1v) is 7.88. The van der Waals surface area contributed by atoms with Crippen LogP contribution in [0.2, 0.25) is 0 Å². The van der Waals surface area contributed by atoms with Crippen molar-refractivity contribution in [3.63, 3.8) is 0 Å². The van der Waals surface area contributed by atoms with Crippen molar-refractivity contribution >= 4 is 18.0 Å². The molecule has 0 bridgehead atoms. The second-order valence-electron chi connectivity index (χ2n) is 8.03. The highest BCUT2D eigenvalue weighted by Crippen LogP contribution is 2.28. The molecule has 0 unspecified atom stereocenters. The standard InChI is InChI=1S/C17H28N2O5/c1-16(2,3)23-14(21)12-9-11(10-18(7)8)13(20)19(12)15(22)24-17(4,5)6/h10,12H,9H2,1-8H3/b11-10+/t12-/m0/s1. The maximum Gasteiger partial charge on any atom is 0.418 e. The monoisotopic (exact) mass is 340 g/mol. The molecule has 1 saturated heterocycles. The molecule has 0 aromatic rings. The van der Waals surface area contributed by atoms with Gasteiger partial charge in [-0.15, -0.1) is 0 Å². The van der Waals surface area contributed by atoms with Crippen LogP contribution < -0.4 is 0 Å². The Balaban J connectivity index is 3.14. The van der Waals surface area contributed by atoms with Crippen molar-refractivity contribution < 1.29 is 23.9 Å². The highest BCUT2D eigenvalue weighted by molar-refractivity contribution is 6.08. The molecule has 7 heteroatoms. The summed E-state index contributed by atoms with van der Waals surface area (Å²) in [5, 5.41) is 0. The average molecular weight is 340 g/mol. The van der Waals surface area contributed by atoms with Crippen LogP contribution in [0.3, 0.4) is 0 Å². The van der Waals surface area contributed by atoms with Gasteiger partial charge in [0.2, 0.25) is 0 Å². The summed E-state index contributed by atoms with van der Waals surface area (Å²) in [6.07, 6.45) is 0.861. The Bertz CT molecular complexity index is 552. The second-order valence-corrected chi connectivity index (χ2v) is 8.03. The predicted octanol–water partition coefficient (Wildman–Crippen LogP) is 2.31. The summed E-state index contributed by atoms with van der Waals surface area (Å²) < 4.78 is 10.6. The van der Waals surface area contributed by atoms with Gasteiger partial charge in [-0.25, -0.2) is 14.5 Å². The lowest BCUT2D eigenvalue weighted by Crippen LogP contribution is -2.47. The fourth-order valence-electron chi connectivity index (χ4n) is 2.18. The lowest BCUT2D eigenvalue weighted by molar-refractivity contribution is -0.161. The Labute approximate surface area is 143 Å². The number of hydrogen-bond acceptors (Lipinski definition) is 6. The van der Waals surface area contributed by atoms with Crippen molar-refractivity contribution in [1.82, 2.24) is 9.80 Å². The molecule has 0 N–H and O–H groups in total. The van der Waals surface area contributed by atoms with Crippen LogP contribution in [0.5, 0.6) is 0 Å². The average Bonchev–Trinajstić information content (AvgIpc) is 2.61. The van der Waals surface area contributed by atoms with Gasteiger partial charge in [-0.2, -0.15) is 0 Å². The van der Waals surface area contributed by atoms with Gasteiger partial charge in [-0.1, -0.05) is 0 Å². The number of hydrogen-bond donors (Lipinski definition) is 0. The normalized spacial score (nSPS) is 20.3. The molecular weight excluding hydrogens is 312 g/mol. The molecule has 2 amide bonds. The predicted molar refractivity (Wildman–Crippen MR) is 89.1 cm³/mol. The van der Waals surface area contributed by atoms with E-state index < -0.39 is 35.2 Å². The van der Waals surface area contributed by atoms with Crippen LogP contribution in [0.25, 0.3) is 0 Å². The molecule has 7 nitrogen and oxygen atoms in total. The summed E-state index contributed by atoms with van der Waals surface area (Å²) in [5.74, 6) is -1.15. The third-order valence-electron chi connectivity index (χ3n) is 2.90. The van der Waals surface area contributed by atoms with E-state index in [0.717, 1.165) is 4.90 Å². The van der Waals surface area contributed by atoms with E-state index in [1.165, 1.54) is 0 Å². The van der Waals surface area contributed by atoms with Crippen molar-refractivity contribution in [3.05, 3.63) is 11.8 Å². The maximum absolute atomic E-state index is 12.6. The molecule has 1 aliphatic heterocycles. The Morgan fingerprint density at radius 1 is 1.08 bits per heavy atom. The Morgan fingerprint density at radius 3 is 2.00 bits per heavy atom. The highest BCUT2D eigenvalue weighted by Gasteiger charge is 2.47. The van der Waals surface area contributed by atoms with Crippen molar-refractivity contribution in [2.24, 2.45) is 0 Å². The second kappa shape index (κ2) is 6.83. The van der Waals surface area contributed by atoms with E-state index in [1.54, 1.807) is 66.7 Å². The van der Waals surface area contributed by atoms with Gasteiger partial charge < -0.3 is 14.4 Å². The van der Waals surface area contributed by atoms with Gasteiger partial charge in [-0.05, 0) is 41.5 Å². The molecule has 136 valence electrons. The van der Waals surface area contributed by atoms with Crippen LogP contribution in [0, 0.1) is 0 Å². The zero-order chi connectivity index (χ0) is 18.9. The number of carbonyl (C=O) groups excluding carboxylic acids is 3. The van der Waals surface area contributed by atoms with E-state index in [4.69, 9.17) is 9.47 Å². The molecule has 1 aliphatic rings. The maximum atomic E-state index is 12.6. The summed E-state index contributed by atoms with van der Waals surface area (Å²) in [6.45, 7) is 10.3. The van der Waals surface area contributed by atoms with Crippen LogP contribution in [-0.2, 0) is 19.1 Å². The number of rotatable bonds is 2. The SMILES string of the molecule is CN(C)/C=C1\C[C@@H](C(=O)OC(C)(C)C)N(C(=O)OC(C)(C)C)C1=O. The van der Waals surface area contributed by atoms with E-state index in [9.17, 15) is 14.4 Å². The van der Waals surface area contributed by atoms with E-state index in [1.807, 2.05) is 0 Å². The molecule has 0 aliphatic carbocycles. The van der Waals surface area contributed by atoms with E-state index in [2.05, 4.69) is 0 Å². The van der Waals surface area contributed by atoms with Crippen LogP contribution in [-0.4, -0.2) is 59.1 Å². The molecule has 1 heterocycles. The molecule has 0 radical (unpaired) electrons. The molecule has 0 saturated carbocycles. The van der Waals surface area contributed by atoms with Crippen LogP contribution >= 0.6 is 0 Å². The third kappa shape index (κ3) is 5.54. The molecule has 24 heavy (non-hydrogen) atoms. The first-order valence-electron chi connectivity index (χ1n) is 7.88. The van der Waals surface area contributed by atoms with Gasteiger partial charge in [0.1, 0.15) is 17.2 Å². The van der Waals surface area contributed by atoms with Crippen LogP contribution in [0.1, 0.15) is 48.0 Å². The first-order chi connectivity index (χ1) is 10.7. The van der Waals surface area contributed by atoms with Gasteiger partial charge in [0.25, 0.3) is 5.91 Å². The minimum Gasteiger partial charge on any atom is -0.458 e. The number of likely N-dealkylation sites (tertiary alicyclic amines) is 1. The number of ether oxygens (including phenoxy) is 2. The summed E-state index contributed by atoms with van der Waals surface area (Å²) in [6, 6.07) is -1.02. The molecule has 0 spiro atoms. The van der Waals surface area contributed by atoms with Gasteiger partial charge in [-0.3, -0.25) is 4.79 Å². The van der Waals surface area contributed by atoms with Gasteiger partial charge in [0.15, 0.2) is 0 Å². The van der Waals surface area contributed by atoms with E-state index in [-0.39, 0.29) is 6.42 Å². The van der Waals surface area contributed by atoms with Gasteiger partial charge in [0.05, 0.1) is 0 Å². The fourth-order valence-corrected chi connectivity index (χ4v) is 2.18. The number of amides is 2. The topological polar surface area (TPSA) is 76.2 Å². The molecular formula is C17H28N2O5. The van der Waals surface area contributed by atoms with E-state index >= 15 is 0 Å². The smallest absolute Gasteiger partial charge is 0.418 e. The van der Waals surface area contributed by atoms with Crippen LogP contribution in [0.4, 0.5) is 4.79 Å². The summed E-state index contributed by atoms with van der Waals surface area (Å²) in [5.41, 5.74) is -1.13. The number of carbonyl (C=O) groups is 3. The Morgan fingerprint density at radius 2 is 1.58 bits per heavy atom. The van der Waals surface area contributed by atoms with E-state index in [0.29, 0.717) is 5.57 Å². The van der Waals surface area contributed by atoms with Gasteiger partial charge in [0, 0.05) is 32.3 Å². The largest absolute Gasteiger partial charge is 0.458 e. The molecule has 0 aromatic heterocycles. The van der Waals surface area contributed by atoms with Crippen molar-refractivity contribution in [1.29, 1.82) is 0 Å². The summed E-state index contributed by atoms with van der Waals surface area (Å²) >= 11 is 0. The van der Waals surface area contributed by atoms with Crippen LogP contribution in [0.15, 0.2) is 11.8 Å². The number of nitrogens with zero attached hydrogens (tertiary/aromatic N) is 2. The zero-order valence-electron chi connectivity index (χ0n) is 15.8. The minimum absolute atomic E-state index is 0.102. The summed E-state index contributed by atoms with van der Waals surface area (Å²) in [7, 11) is 3.53. The lowest BCUT2D eigenvalue weighted by atomic mass is 10.1. The highest BCUT2D eigenvalue weighted by atomic mass is 16.6. The Hall–Kier alpha value is -2.05. The van der Waals surface area contributed by atoms with Gasteiger partial charge >= 0.3 is 12.1 Å².